The quantitative estimate of drug-likeness (QED) is 0.910. The first kappa shape index (κ1) is 11.6. The fraction of sp³-hybridized carbons (Fsp3) is 0.250. The van der Waals surface area contributed by atoms with Gasteiger partial charge in [0.25, 0.3) is 0 Å². The molecule has 0 aromatic carbocycles. The lowest BCUT2D eigenvalue weighted by Crippen LogP contribution is -2.02. The molecule has 2 aromatic heterocycles. The zero-order chi connectivity index (χ0) is 11.5. The van der Waals surface area contributed by atoms with Crippen molar-refractivity contribution in [3.63, 3.8) is 0 Å². The fourth-order valence-corrected chi connectivity index (χ4v) is 2.62. The van der Waals surface area contributed by atoms with Crippen molar-refractivity contribution in [3.8, 4) is 0 Å². The van der Waals surface area contributed by atoms with E-state index >= 15 is 0 Å². The predicted octanol–water partition coefficient (Wildman–Crippen LogP) is 3.38. The molecule has 16 heavy (non-hydrogen) atoms. The van der Waals surface area contributed by atoms with Crippen LogP contribution in [-0.2, 0) is 6.42 Å². The second-order valence-electron chi connectivity index (χ2n) is 3.68. The molecule has 1 N–H and O–H groups in total. The summed E-state index contributed by atoms with van der Waals surface area (Å²) in [6.07, 6.45) is 1.74. The number of rotatable bonds is 3. The lowest BCUT2D eigenvalue weighted by atomic mass is 10.1. The van der Waals surface area contributed by atoms with Gasteiger partial charge in [-0.2, -0.15) is 0 Å². The Morgan fingerprint density at radius 3 is 2.81 bits per heavy atom. The van der Waals surface area contributed by atoms with E-state index in [1.54, 1.807) is 12.3 Å². The van der Waals surface area contributed by atoms with Gasteiger partial charge in [0, 0.05) is 18.3 Å². The number of pyridine rings is 1. The molecule has 84 valence electrons. The first-order valence-corrected chi connectivity index (χ1v) is 6.25. The van der Waals surface area contributed by atoms with Gasteiger partial charge in [-0.15, -0.1) is 11.3 Å². The van der Waals surface area contributed by atoms with Gasteiger partial charge in [0.15, 0.2) is 0 Å². The van der Waals surface area contributed by atoms with Gasteiger partial charge in [-0.1, -0.05) is 17.7 Å². The second-order valence-corrected chi connectivity index (χ2v) is 5.03. The summed E-state index contributed by atoms with van der Waals surface area (Å²) in [7, 11) is 0. The smallest absolute Gasteiger partial charge is 0.0952 e. The van der Waals surface area contributed by atoms with E-state index in [9.17, 15) is 5.11 Å². The zero-order valence-corrected chi connectivity index (χ0v) is 10.4. The molecule has 0 saturated heterocycles. The molecule has 0 fully saturated rings. The van der Waals surface area contributed by atoms with Gasteiger partial charge >= 0.3 is 0 Å². The summed E-state index contributed by atoms with van der Waals surface area (Å²) in [4.78, 5) is 5.07. The van der Waals surface area contributed by atoms with E-state index in [0.29, 0.717) is 11.4 Å². The molecule has 0 aliphatic heterocycles. The van der Waals surface area contributed by atoms with E-state index in [-0.39, 0.29) is 0 Å². The van der Waals surface area contributed by atoms with Gasteiger partial charge in [-0.25, -0.2) is 0 Å². The summed E-state index contributed by atoms with van der Waals surface area (Å²) in [5, 5.41) is 12.5. The molecule has 2 rings (SSSR count). The number of aryl methyl sites for hydroxylation is 1. The average molecular weight is 254 g/mol. The standard InChI is InChI=1S/C12H12ClNOS/c1-8-2-3-9(14-7-8)6-11(15)12-10(13)4-5-16-12/h2-5,7,11,15H,6H2,1H3. The number of hydrogen-bond donors (Lipinski definition) is 1. The van der Waals surface area contributed by atoms with Gasteiger partial charge in [0.2, 0.25) is 0 Å². The molecular formula is C12H12ClNOS. The van der Waals surface area contributed by atoms with Crippen LogP contribution in [0.15, 0.2) is 29.8 Å². The van der Waals surface area contributed by atoms with Gasteiger partial charge < -0.3 is 5.11 Å². The maximum Gasteiger partial charge on any atom is 0.0952 e. The Balaban J connectivity index is 2.10. The van der Waals surface area contributed by atoms with Crippen LogP contribution in [0.3, 0.4) is 0 Å². The van der Waals surface area contributed by atoms with Crippen molar-refractivity contribution in [2.24, 2.45) is 0 Å². The van der Waals surface area contributed by atoms with Crippen LogP contribution in [0.2, 0.25) is 5.02 Å². The Morgan fingerprint density at radius 2 is 2.25 bits per heavy atom. The van der Waals surface area contributed by atoms with Gasteiger partial charge in [0.05, 0.1) is 16.0 Å². The minimum atomic E-state index is -0.567. The Hall–Kier alpha value is -0.900. The van der Waals surface area contributed by atoms with E-state index in [1.165, 1.54) is 11.3 Å². The zero-order valence-electron chi connectivity index (χ0n) is 8.85. The first-order valence-electron chi connectivity index (χ1n) is 4.99. The molecule has 0 aliphatic rings. The van der Waals surface area contributed by atoms with E-state index in [1.807, 2.05) is 24.4 Å². The van der Waals surface area contributed by atoms with Crippen molar-refractivity contribution in [2.75, 3.05) is 0 Å². The summed E-state index contributed by atoms with van der Waals surface area (Å²) in [6.45, 7) is 1.99. The highest BCUT2D eigenvalue weighted by Gasteiger charge is 2.14. The summed E-state index contributed by atoms with van der Waals surface area (Å²) in [5.41, 5.74) is 2.00. The molecule has 1 unspecified atom stereocenters. The summed E-state index contributed by atoms with van der Waals surface area (Å²) in [5.74, 6) is 0. The fourth-order valence-electron chi connectivity index (χ4n) is 1.45. The van der Waals surface area contributed by atoms with Crippen molar-refractivity contribution in [3.05, 3.63) is 50.9 Å². The average Bonchev–Trinajstić information content (AvgIpc) is 2.68. The third-order valence-corrected chi connectivity index (χ3v) is 3.78. The summed E-state index contributed by atoms with van der Waals surface area (Å²) >= 11 is 7.43. The molecule has 0 amide bonds. The third kappa shape index (κ3) is 2.61. The number of aliphatic hydroxyl groups excluding tert-OH is 1. The van der Waals surface area contributed by atoms with E-state index in [2.05, 4.69) is 4.98 Å². The first-order chi connectivity index (χ1) is 7.66. The van der Waals surface area contributed by atoms with Crippen molar-refractivity contribution in [1.82, 2.24) is 4.98 Å². The SMILES string of the molecule is Cc1ccc(CC(O)c2sccc2Cl)nc1. The Kier molecular flexibility index (Phi) is 3.59. The van der Waals surface area contributed by atoms with Crippen LogP contribution >= 0.6 is 22.9 Å². The Labute approximate surface area is 104 Å². The molecule has 0 bridgehead atoms. The number of thiophene rings is 1. The normalized spacial score (nSPS) is 12.7. The predicted molar refractivity (Wildman–Crippen MR) is 67.0 cm³/mol. The van der Waals surface area contributed by atoms with Crippen LogP contribution in [-0.4, -0.2) is 10.1 Å². The van der Waals surface area contributed by atoms with E-state index < -0.39 is 6.10 Å². The maximum absolute atomic E-state index is 10.00. The minimum absolute atomic E-state index is 0.501. The van der Waals surface area contributed by atoms with Gasteiger partial charge in [-0.3, -0.25) is 4.98 Å². The largest absolute Gasteiger partial charge is 0.387 e. The van der Waals surface area contributed by atoms with Crippen molar-refractivity contribution >= 4 is 22.9 Å². The highest BCUT2D eigenvalue weighted by atomic mass is 35.5. The number of halogens is 1. The van der Waals surface area contributed by atoms with Crippen LogP contribution in [0.25, 0.3) is 0 Å². The second kappa shape index (κ2) is 4.95. The molecule has 0 saturated carbocycles. The Bertz CT molecular complexity index is 466. The number of nitrogens with zero attached hydrogens (tertiary/aromatic N) is 1. The Morgan fingerprint density at radius 1 is 1.44 bits per heavy atom. The van der Waals surface area contributed by atoms with Crippen LogP contribution in [0.1, 0.15) is 22.2 Å². The summed E-state index contributed by atoms with van der Waals surface area (Å²) in [6, 6.07) is 5.72. The number of aromatic nitrogens is 1. The van der Waals surface area contributed by atoms with Crippen molar-refractivity contribution in [1.29, 1.82) is 0 Å². The van der Waals surface area contributed by atoms with Crippen molar-refractivity contribution in [2.45, 2.75) is 19.4 Å². The van der Waals surface area contributed by atoms with Crippen LogP contribution in [0.4, 0.5) is 0 Å². The molecule has 2 heterocycles. The summed E-state index contributed by atoms with van der Waals surface area (Å²) < 4.78 is 0. The molecule has 2 aromatic rings. The topological polar surface area (TPSA) is 33.1 Å². The van der Waals surface area contributed by atoms with Crippen LogP contribution in [0.5, 0.6) is 0 Å². The van der Waals surface area contributed by atoms with Crippen LogP contribution < -0.4 is 0 Å². The number of aliphatic hydroxyl groups is 1. The molecule has 2 nitrogen and oxygen atoms in total. The molecular weight excluding hydrogens is 242 g/mol. The van der Waals surface area contributed by atoms with Gasteiger partial charge in [-0.05, 0) is 30.0 Å². The maximum atomic E-state index is 10.00. The van der Waals surface area contributed by atoms with Gasteiger partial charge in [0.1, 0.15) is 0 Å². The molecule has 0 aliphatic carbocycles. The monoisotopic (exact) mass is 253 g/mol. The van der Waals surface area contributed by atoms with Crippen LogP contribution in [0, 0.1) is 6.92 Å². The highest BCUT2D eigenvalue weighted by molar-refractivity contribution is 7.10. The lowest BCUT2D eigenvalue weighted by molar-refractivity contribution is 0.181. The molecule has 1 atom stereocenters. The number of hydrogen-bond acceptors (Lipinski definition) is 3. The highest BCUT2D eigenvalue weighted by Crippen LogP contribution is 2.30. The minimum Gasteiger partial charge on any atom is -0.387 e. The molecule has 4 heteroatoms. The van der Waals surface area contributed by atoms with E-state index in [4.69, 9.17) is 11.6 Å². The molecule has 0 radical (unpaired) electrons. The lowest BCUT2D eigenvalue weighted by Gasteiger charge is -2.08. The van der Waals surface area contributed by atoms with Crippen molar-refractivity contribution < 1.29 is 5.11 Å². The third-order valence-electron chi connectivity index (χ3n) is 2.32. The molecule has 0 spiro atoms. The van der Waals surface area contributed by atoms with E-state index in [0.717, 1.165) is 16.1 Å².